The van der Waals surface area contributed by atoms with Gasteiger partial charge in [-0.05, 0) is 17.7 Å². The van der Waals surface area contributed by atoms with E-state index in [0.717, 1.165) is 24.3 Å². The van der Waals surface area contributed by atoms with Gasteiger partial charge in [0.15, 0.2) is 0 Å². The predicted molar refractivity (Wildman–Crippen MR) is 96.6 cm³/mol. The Balaban J connectivity index is 2.17. The van der Waals surface area contributed by atoms with Crippen molar-refractivity contribution in [3.8, 4) is 0 Å². The van der Waals surface area contributed by atoms with E-state index in [9.17, 15) is 8.42 Å². The third-order valence-electron chi connectivity index (χ3n) is 3.92. The number of nitrogens with zero attached hydrogens (tertiary/aromatic N) is 2. The van der Waals surface area contributed by atoms with E-state index in [0.29, 0.717) is 19.8 Å². The average Bonchev–Trinajstić information content (AvgIpc) is 2.56. The summed E-state index contributed by atoms with van der Waals surface area (Å²) in [4.78, 5) is 4.31. The number of ether oxygens (including phenoxy) is 1. The molecule has 1 atom stereocenters. The monoisotopic (exact) mass is 405 g/mol. The molecule has 1 aromatic rings. The van der Waals surface area contributed by atoms with Gasteiger partial charge in [-0.25, -0.2) is 13.1 Å². The third kappa shape index (κ3) is 5.42. The van der Waals surface area contributed by atoms with Gasteiger partial charge in [-0.2, -0.15) is 0 Å². The van der Waals surface area contributed by atoms with Crippen LogP contribution in [0.15, 0.2) is 24.3 Å². The molecule has 0 bridgehead atoms. The highest BCUT2D eigenvalue weighted by Crippen LogP contribution is 2.24. The van der Waals surface area contributed by atoms with Gasteiger partial charge < -0.3 is 9.64 Å². The van der Waals surface area contributed by atoms with Crippen molar-refractivity contribution in [2.45, 2.75) is 6.04 Å². The van der Waals surface area contributed by atoms with Gasteiger partial charge in [0, 0.05) is 45.5 Å². The van der Waals surface area contributed by atoms with Crippen molar-refractivity contribution in [1.82, 2.24) is 9.62 Å². The van der Waals surface area contributed by atoms with E-state index < -0.39 is 10.0 Å². The zero-order valence-corrected chi connectivity index (χ0v) is 15.9. The molecule has 0 aliphatic carbocycles. The highest BCUT2D eigenvalue weighted by molar-refractivity contribution is 9.10. The van der Waals surface area contributed by atoms with Crippen molar-refractivity contribution in [2.24, 2.45) is 0 Å². The minimum atomic E-state index is -3.28. The molecule has 1 saturated heterocycles. The van der Waals surface area contributed by atoms with Crippen molar-refractivity contribution >= 4 is 31.6 Å². The smallest absolute Gasteiger partial charge is 0.221 e. The molecular weight excluding hydrogens is 382 g/mol. The molecule has 1 aliphatic rings. The van der Waals surface area contributed by atoms with Crippen molar-refractivity contribution in [2.75, 3.05) is 56.5 Å². The summed E-state index contributed by atoms with van der Waals surface area (Å²) in [5.74, 6) is 0. The normalized spacial score (nSPS) is 17.9. The molecule has 1 unspecified atom stereocenters. The van der Waals surface area contributed by atoms with Gasteiger partial charge >= 0.3 is 0 Å². The Morgan fingerprint density at radius 2 is 1.87 bits per heavy atom. The number of halogens is 1. The van der Waals surface area contributed by atoms with E-state index >= 15 is 0 Å². The van der Waals surface area contributed by atoms with Crippen LogP contribution in [0.25, 0.3) is 0 Å². The van der Waals surface area contributed by atoms with Crippen LogP contribution in [0.2, 0.25) is 0 Å². The van der Waals surface area contributed by atoms with Crippen LogP contribution in [0.5, 0.6) is 0 Å². The van der Waals surface area contributed by atoms with Crippen molar-refractivity contribution in [1.29, 1.82) is 0 Å². The fraction of sp³-hybridized carbons (Fsp3) is 0.600. The number of anilines is 1. The number of hydrogen-bond acceptors (Lipinski definition) is 5. The van der Waals surface area contributed by atoms with Crippen LogP contribution in [0.3, 0.4) is 0 Å². The molecule has 1 fully saturated rings. The molecule has 2 rings (SSSR count). The van der Waals surface area contributed by atoms with E-state index in [-0.39, 0.29) is 10.7 Å². The minimum Gasteiger partial charge on any atom is -0.379 e. The molecule has 0 radical (unpaired) electrons. The van der Waals surface area contributed by atoms with Crippen LogP contribution in [0, 0.1) is 0 Å². The summed E-state index contributed by atoms with van der Waals surface area (Å²) in [6.07, 6.45) is 0. The number of hydrogen-bond donors (Lipinski definition) is 1. The Bertz CT molecular complexity index is 586. The molecule has 0 amide bonds. The molecule has 1 N–H and O–H groups in total. The molecule has 23 heavy (non-hydrogen) atoms. The molecule has 0 aromatic heterocycles. The highest BCUT2D eigenvalue weighted by Gasteiger charge is 2.24. The van der Waals surface area contributed by atoms with Gasteiger partial charge in [0.25, 0.3) is 0 Å². The second kappa shape index (κ2) is 8.43. The zero-order valence-electron chi connectivity index (χ0n) is 13.5. The first-order valence-electron chi connectivity index (χ1n) is 7.55. The Hall–Kier alpha value is -0.670. The second-order valence-electron chi connectivity index (χ2n) is 5.72. The van der Waals surface area contributed by atoms with Gasteiger partial charge in [0.1, 0.15) is 4.66 Å². The fourth-order valence-electron chi connectivity index (χ4n) is 2.59. The molecule has 0 spiro atoms. The van der Waals surface area contributed by atoms with E-state index in [2.05, 4.69) is 49.8 Å². The molecule has 0 saturated carbocycles. The average molecular weight is 406 g/mol. The summed E-state index contributed by atoms with van der Waals surface area (Å²) in [5, 5.41) is 0. The Labute approximate surface area is 147 Å². The van der Waals surface area contributed by atoms with Crippen LogP contribution in [-0.4, -0.2) is 64.9 Å². The quantitative estimate of drug-likeness (QED) is 0.694. The topological polar surface area (TPSA) is 61.9 Å². The van der Waals surface area contributed by atoms with Crippen molar-refractivity contribution in [3.63, 3.8) is 0 Å². The lowest BCUT2D eigenvalue weighted by molar-refractivity contribution is 0.0172. The minimum absolute atomic E-state index is 0.00365. The lowest BCUT2D eigenvalue weighted by Gasteiger charge is -2.35. The summed E-state index contributed by atoms with van der Waals surface area (Å²) in [6, 6.07) is 8.25. The maximum Gasteiger partial charge on any atom is 0.221 e. The van der Waals surface area contributed by atoms with Crippen LogP contribution >= 0.6 is 15.9 Å². The van der Waals surface area contributed by atoms with E-state index in [4.69, 9.17) is 4.74 Å². The number of morpholine rings is 1. The van der Waals surface area contributed by atoms with Gasteiger partial charge in [0.2, 0.25) is 10.0 Å². The molecule has 1 heterocycles. The van der Waals surface area contributed by atoms with Crippen LogP contribution in [0.1, 0.15) is 11.6 Å². The van der Waals surface area contributed by atoms with Crippen molar-refractivity contribution < 1.29 is 13.2 Å². The SMILES string of the molecule is CN(C)c1ccc(C(CNS(=O)(=O)CBr)N2CCOCC2)cc1. The van der Waals surface area contributed by atoms with Crippen LogP contribution < -0.4 is 9.62 Å². The maximum atomic E-state index is 11.8. The Morgan fingerprint density at radius 1 is 1.26 bits per heavy atom. The van der Waals surface area contributed by atoms with Gasteiger partial charge in [0.05, 0.1) is 13.2 Å². The maximum absolute atomic E-state index is 11.8. The lowest BCUT2D eigenvalue weighted by atomic mass is 10.0. The number of sulfonamides is 1. The highest BCUT2D eigenvalue weighted by atomic mass is 79.9. The third-order valence-corrected chi connectivity index (χ3v) is 6.62. The summed E-state index contributed by atoms with van der Waals surface area (Å²) in [5.41, 5.74) is 2.23. The summed E-state index contributed by atoms with van der Waals surface area (Å²) >= 11 is 3.01. The number of rotatable bonds is 7. The molecule has 1 aromatic carbocycles. The first-order chi connectivity index (χ1) is 10.9. The van der Waals surface area contributed by atoms with E-state index in [1.165, 1.54) is 0 Å². The Kier molecular flexibility index (Phi) is 6.84. The summed E-state index contributed by atoms with van der Waals surface area (Å²) in [6.45, 7) is 3.32. The molecular formula is C15H24BrN3O3S. The van der Waals surface area contributed by atoms with Gasteiger partial charge in [-0.1, -0.05) is 28.1 Å². The molecule has 1 aliphatic heterocycles. The summed E-state index contributed by atoms with van der Waals surface area (Å²) in [7, 11) is 0.715. The first kappa shape index (κ1) is 18.7. The fourth-order valence-corrected chi connectivity index (χ4v) is 3.56. The van der Waals surface area contributed by atoms with Crippen LogP contribution in [0.4, 0.5) is 5.69 Å². The standard InChI is InChI=1S/C15H24BrN3O3S/c1-18(2)14-5-3-13(4-6-14)15(11-17-23(20,21)12-16)19-7-9-22-10-8-19/h3-6,15,17H,7-12H2,1-2H3. The van der Waals surface area contributed by atoms with E-state index in [1.807, 2.05) is 19.0 Å². The Morgan fingerprint density at radius 3 is 2.39 bits per heavy atom. The van der Waals surface area contributed by atoms with Gasteiger partial charge in [-0.3, -0.25) is 4.90 Å². The van der Waals surface area contributed by atoms with E-state index in [1.54, 1.807) is 0 Å². The second-order valence-corrected chi connectivity index (χ2v) is 8.83. The molecule has 130 valence electrons. The van der Waals surface area contributed by atoms with Crippen molar-refractivity contribution in [3.05, 3.63) is 29.8 Å². The summed E-state index contributed by atoms with van der Waals surface area (Å²) < 4.78 is 31.5. The molecule has 8 heteroatoms. The van der Waals surface area contributed by atoms with Crippen LogP contribution in [-0.2, 0) is 14.8 Å². The predicted octanol–water partition coefficient (Wildman–Crippen LogP) is 1.40. The zero-order chi connectivity index (χ0) is 16.9. The number of nitrogens with one attached hydrogen (secondary N) is 1. The largest absolute Gasteiger partial charge is 0.379 e. The number of alkyl halides is 1. The lowest BCUT2D eigenvalue weighted by Crippen LogP contribution is -2.43. The first-order valence-corrected chi connectivity index (χ1v) is 10.3. The van der Waals surface area contributed by atoms with Gasteiger partial charge in [-0.15, -0.1) is 0 Å². The number of benzene rings is 1. The molecule has 6 nitrogen and oxygen atoms in total.